The second-order valence-corrected chi connectivity index (χ2v) is 7.20. The smallest absolute Gasteiger partial charge is 0.308 e. The van der Waals surface area contributed by atoms with Gasteiger partial charge in [-0.25, -0.2) is 0 Å². The van der Waals surface area contributed by atoms with E-state index in [2.05, 4.69) is 5.32 Å². The number of nitrogens with zero attached hydrogens (tertiary/aromatic N) is 1. The Morgan fingerprint density at radius 3 is 2.24 bits per heavy atom. The molecule has 0 saturated carbocycles. The molecule has 0 aliphatic rings. The normalized spacial score (nSPS) is 12.6. The molecule has 0 radical (unpaired) electrons. The summed E-state index contributed by atoms with van der Waals surface area (Å²) in [5.74, 6) is -1.16. The van der Waals surface area contributed by atoms with Gasteiger partial charge in [-0.1, -0.05) is 54.1 Å². The zero-order valence-corrected chi connectivity index (χ0v) is 17.5. The quantitative estimate of drug-likeness (QED) is 0.666. The van der Waals surface area contributed by atoms with Crippen LogP contribution >= 0.6 is 11.6 Å². The number of rotatable bonds is 8. The zero-order valence-electron chi connectivity index (χ0n) is 16.7. The third-order valence-corrected chi connectivity index (χ3v) is 4.89. The molecular formula is C22H25ClN2O4. The van der Waals surface area contributed by atoms with E-state index >= 15 is 0 Å². The lowest BCUT2D eigenvalue weighted by Crippen LogP contribution is -2.34. The molecule has 2 atom stereocenters. The minimum absolute atomic E-state index is 0.0908. The Morgan fingerprint density at radius 2 is 1.66 bits per heavy atom. The number of halogens is 1. The first-order valence-electron chi connectivity index (χ1n) is 9.26. The van der Waals surface area contributed by atoms with Crippen molar-refractivity contribution in [3.63, 3.8) is 0 Å². The van der Waals surface area contributed by atoms with Gasteiger partial charge in [0.2, 0.25) is 5.91 Å². The van der Waals surface area contributed by atoms with Gasteiger partial charge in [0.05, 0.1) is 18.5 Å². The van der Waals surface area contributed by atoms with Crippen molar-refractivity contribution in [1.29, 1.82) is 0 Å². The minimum atomic E-state index is -0.576. The number of amides is 2. The van der Waals surface area contributed by atoms with Crippen molar-refractivity contribution in [3.05, 3.63) is 70.7 Å². The fraction of sp³-hybridized carbons (Fsp3) is 0.318. The first kappa shape index (κ1) is 22.4. The van der Waals surface area contributed by atoms with Crippen LogP contribution in [0.25, 0.3) is 0 Å². The topological polar surface area (TPSA) is 75.7 Å². The lowest BCUT2D eigenvalue weighted by molar-refractivity contribution is -0.152. The summed E-state index contributed by atoms with van der Waals surface area (Å²) in [4.78, 5) is 37.7. The molecule has 0 spiro atoms. The second-order valence-electron chi connectivity index (χ2n) is 6.76. The van der Waals surface area contributed by atoms with Crippen LogP contribution in [0.1, 0.15) is 43.5 Å². The largest absolute Gasteiger partial charge is 0.455 e. The van der Waals surface area contributed by atoms with E-state index in [1.54, 1.807) is 31.3 Å². The van der Waals surface area contributed by atoms with E-state index in [4.69, 9.17) is 16.3 Å². The molecule has 0 aliphatic carbocycles. The number of hydrogen-bond donors (Lipinski definition) is 1. The summed E-state index contributed by atoms with van der Waals surface area (Å²) in [6.45, 7) is 2.92. The SMILES string of the molecule is CC(=O)NC(CC(=O)OCC(=O)N(C)C(C)c1ccccc1)c1ccc(Cl)cc1. The number of esters is 1. The molecule has 0 bridgehead atoms. The molecular weight excluding hydrogens is 392 g/mol. The van der Waals surface area contributed by atoms with Gasteiger partial charge in [-0.2, -0.15) is 0 Å². The second kappa shape index (κ2) is 10.6. The van der Waals surface area contributed by atoms with E-state index < -0.39 is 12.0 Å². The molecule has 0 aliphatic heterocycles. The number of ether oxygens (including phenoxy) is 1. The van der Waals surface area contributed by atoms with Crippen LogP contribution in [0.15, 0.2) is 54.6 Å². The van der Waals surface area contributed by atoms with Crippen LogP contribution in [0.5, 0.6) is 0 Å². The summed E-state index contributed by atoms with van der Waals surface area (Å²) in [5.41, 5.74) is 1.71. The molecule has 7 heteroatoms. The molecule has 6 nitrogen and oxygen atoms in total. The molecule has 2 amide bonds. The fourth-order valence-electron chi connectivity index (χ4n) is 2.83. The van der Waals surface area contributed by atoms with Gasteiger partial charge in [-0.05, 0) is 30.2 Å². The van der Waals surface area contributed by atoms with E-state index in [9.17, 15) is 14.4 Å². The van der Waals surface area contributed by atoms with Crippen LogP contribution in [0.3, 0.4) is 0 Å². The first-order chi connectivity index (χ1) is 13.8. The highest BCUT2D eigenvalue weighted by atomic mass is 35.5. The van der Waals surface area contributed by atoms with Crippen molar-refractivity contribution in [2.24, 2.45) is 0 Å². The van der Waals surface area contributed by atoms with Crippen molar-refractivity contribution in [1.82, 2.24) is 10.2 Å². The summed E-state index contributed by atoms with van der Waals surface area (Å²) in [7, 11) is 1.67. The summed E-state index contributed by atoms with van der Waals surface area (Å²) >= 11 is 5.89. The predicted molar refractivity (Wildman–Crippen MR) is 111 cm³/mol. The number of hydrogen-bond acceptors (Lipinski definition) is 4. The van der Waals surface area contributed by atoms with E-state index in [0.29, 0.717) is 5.02 Å². The number of benzene rings is 2. The van der Waals surface area contributed by atoms with Gasteiger partial charge in [0.1, 0.15) is 0 Å². The molecule has 29 heavy (non-hydrogen) atoms. The van der Waals surface area contributed by atoms with Gasteiger partial charge in [0.25, 0.3) is 5.91 Å². The monoisotopic (exact) mass is 416 g/mol. The molecule has 0 saturated heterocycles. The molecule has 1 N–H and O–H groups in total. The lowest BCUT2D eigenvalue weighted by Gasteiger charge is -2.25. The number of nitrogens with one attached hydrogen (secondary N) is 1. The Kier molecular flexibility index (Phi) is 8.21. The van der Waals surface area contributed by atoms with Crippen molar-refractivity contribution < 1.29 is 19.1 Å². The molecule has 2 unspecified atom stereocenters. The minimum Gasteiger partial charge on any atom is -0.455 e. The van der Waals surface area contributed by atoms with Crippen LogP contribution in [0, 0.1) is 0 Å². The van der Waals surface area contributed by atoms with Crippen molar-refractivity contribution in [3.8, 4) is 0 Å². The first-order valence-corrected chi connectivity index (χ1v) is 9.64. The van der Waals surface area contributed by atoms with Gasteiger partial charge < -0.3 is 15.0 Å². The van der Waals surface area contributed by atoms with E-state index in [1.807, 2.05) is 37.3 Å². The highest BCUT2D eigenvalue weighted by molar-refractivity contribution is 6.30. The van der Waals surface area contributed by atoms with Crippen molar-refractivity contribution in [2.75, 3.05) is 13.7 Å². The van der Waals surface area contributed by atoms with Gasteiger partial charge in [-0.15, -0.1) is 0 Å². The third kappa shape index (κ3) is 6.91. The fourth-order valence-corrected chi connectivity index (χ4v) is 2.96. The summed E-state index contributed by atoms with van der Waals surface area (Å²) in [6, 6.07) is 15.7. The molecule has 2 aromatic rings. The lowest BCUT2D eigenvalue weighted by atomic mass is 10.0. The van der Waals surface area contributed by atoms with E-state index in [-0.39, 0.29) is 30.9 Å². The molecule has 2 rings (SSSR count). The maximum absolute atomic E-state index is 12.4. The number of carbonyl (C=O) groups is 3. The van der Waals surface area contributed by atoms with Crippen LogP contribution in [0.2, 0.25) is 5.02 Å². The Bertz CT molecular complexity index is 840. The molecule has 0 aromatic heterocycles. The Labute approximate surface area is 175 Å². The zero-order chi connectivity index (χ0) is 21.4. The van der Waals surface area contributed by atoms with E-state index in [1.165, 1.54) is 11.8 Å². The Balaban J connectivity index is 1.93. The van der Waals surface area contributed by atoms with Crippen LogP contribution in [0.4, 0.5) is 0 Å². The number of carbonyl (C=O) groups excluding carboxylic acids is 3. The van der Waals surface area contributed by atoms with Crippen molar-refractivity contribution in [2.45, 2.75) is 32.4 Å². The summed E-state index contributed by atoms with van der Waals surface area (Å²) in [6.07, 6.45) is -0.0908. The number of likely N-dealkylation sites (N-methyl/N-ethyl adjacent to an activating group) is 1. The maximum atomic E-state index is 12.4. The molecule has 154 valence electrons. The summed E-state index contributed by atoms with van der Waals surface area (Å²) in [5, 5.41) is 3.27. The van der Waals surface area contributed by atoms with Crippen LogP contribution in [-0.4, -0.2) is 36.3 Å². The highest BCUT2D eigenvalue weighted by Gasteiger charge is 2.21. The van der Waals surface area contributed by atoms with E-state index in [0.717, 1.165) is 11.1 Å². The van der Waals surface area contributed by atoms with Gasteiger partial charge >= 0.3 is 5.97 Å². The average Bonchev–Trinajstić information content (AvgIpc) is 2.71. The van der Waals surface area contributed by atoms with Crippen molar-refractivity contribution >= 4 is 29.4 Å². The molecule has 2 aromatic carbocycles. The summed E-state index contributed by atoms with van der Waals surface area (Å²) < 4.78 is 5.16. The molecule has 0 heterocycles. The van der Waals surface area contributed by atoms with Gasteiger partial charge in [0.15, 0.2) is 6.61 Å². The van der Waals surface area contributed by atoms with Gasteiger partial charge in [0, 0.05) is 19.0 Å². The predicted octanol–water partition coefficient (Wildman–Crippen LogP) is 3.67. The maximum Gasteiger partial charge on any atom is 0.308 e. The Morgan fingerprint density at radius 1 is 1.03 bits per heavy atom. The van der Waals surface area contributed by atoms with Gasteiger partial charge in [-0.3, -0.25) is 14.4 Å². The van der Waals surface area contributed by atoms with Crippen LogP contribution in [-0.2, 0) is 19.1 Å². The van der Waals surface area contributed by atoms with Crippen LogP contribution < -0.4 is 5.32 Å². The highest BCUT2D eigenvalue weighted by Crippen LogP contribution is 2.21. The average molecular weight is 417 g/mol. The standard InChI is InChI=1S/C22H25ClN2O4/c1-15(17-7-5-4-6-8-17)25(3)21(27)14-29-22(28)13-20(24-16(2)26)18-9-11-19(23)12-10-18/h4-12,15,20H,13-14H2,1-3H3,(H,24,26). The Hall–Kier alpha value is -2.86. The molecule has 0 fully saturated rings. The third-order valence-electron chi connectivity index (χ3n) is 4.63.